The minimum absolute atomic E-state index is 0.233. The third-order valence-electron chi connectivity index (χ3n) is 6.88. The summed E-state index contributed by atoms with van der Waals surface area (Å²) < 4.78 is 13.2. The summed E-state index contributed by atoms with van der Waals surface area (Å²) in [7, 11) is 3.24. The van der Waals surface area contributed by atoms with Gasteiger partial charge in [-0.05, 0) is 80.2 Å². The fourth-order valence-electron chi connectivity index (χ4n) is 5.18. The molecule has 5 rings (SSSR count). The second-order valence-electron chi connectivity index (χ2n) is 9.05. The molecule has 2 N–H and O–H groups in total. The zero-order chi connectivity index (χ0) is 27.0. The number of aryl methyl sites for hydroxylation is 1. The normalized spacial score (nSPS) is 16.8. The van der Waals surface area contributed by atoms with E-state index in [-0.39, 0.29) is 17.6 Å². The van der Waals surface area contributed by atoms with Crippen molar-refractivity contribution in [3.8, 4) is 17.2 Å². The number of benzene rings is 2. The second-order valence-corrected chi connectivity index (χ2v) is 9.44. The molecule has 194 valence electrons. The highest BCUT2D eigenvalue weighted by molar-refractivity contribution is 7.80. The van der Waals surface area contributed by atoms with E-state index in [1.165, 1.54) is 0 Å². The zero-order valence-corrected chi connectivity index (χ0v) is 22.3. The molecule has 1 fully saturated rings. The lowest BCUT2D eigenvalue weighted by molar-refractivity contribution is 0.0697. The van der Waals surface area contributed by atoms with Crippen molar-refractivity contribution >= 4 is 29.0 Å². The number of aromatic nitrogens is 2. The summed E-state index contributed by atoms with van der Waals surface area (Å²) in [5, 5.41) is 13.6. The number of hydrogen-bond donors (Lipinski definition) is 2. The molecule has 1 saturated heterocycles. The molecule has 38 heavy (non-hydrogen) atoms. The van der Waals surface area contributed by atoms with Gasteiger partial charge in [-0.15, -0.1) is 0 Å². The van der Waals surface area contributed by atoms with Gasteiger partial charge in [0, 0.05) is 29.3 Å². The number of nitrogens with zero attached hydrogens (tertiary/aromatic N) is 3. The third kappa shape index (κ3) is 4.35. The van der Waals surface area contributed by atoms with Crippen LogP contribution in [0.15, 0.2) is 72.9 Å². The van der Waals surface area contributed by atoms with E-state index < -0.39 is 5.97 Å². The molecule has 0 unspecified atom stereocenters. The fourth-order valence-corrected chi connectivity index (χ4v) is 5.52. The van der Waals surface area contributed by atoms with Crippen LogP contribution in [0.25, 0.3) is 5.69 Å². The molecule has 2 atom stereocenters. The van der Waals surface area contributed by atoms with Gasteiger partial charge in [0.25, 0.3) is 0 Å². The summed E-state index contributed by atoms with van der Waals surface area (Å²) >= 11 is 5.90. The average molecular weight is 529 g/mol. The van der Waals surface area contributed by atoms with Crippen LogP contribution in [0.2, 0.25) is 0 Å². The van der Waals surface area contributed by atoms with Gasteiger partial charge in [0.05, 0.1) is 43.2 Å². The maximum absolute atomic E-state index is 11.6. The minimum atomic E-state index is -0.965. The molecule has 0 saturated carbocycles. The predicted molar refractivity (Wildman–Crippen MR) is 150 cm³/mol. The minimum Gasteiger partial charge on any atom is -0.497 e. The van der Waals surface area contributed by atoms with Crippen LogP contribution in [0, 0.1) is 13.8 Å². The van der Waals surface area contributed by atoms with E-state index in [4.69, 9.17) is 21.7 Å². The Morgan fingerprint density at radius 3 is 2.53 bits per heavy atom. The highest BCUT2D eigenvalue weighted by Crippen LogP contribution is 2.46. The van der Waals surface area contributed by atoms with E-state index in [2.05, 4.69) is 25.8 Å². The Morgan fingerprint density at radius 1 is 1.03 bits per heavy atom. The van der Waals surface area contributed by atoms with Crippen molar-refractivity contribution in [3.63, 3.8) is 0 Å². The largest absolute Gasteiger partial charge is 0.497 e. The molecule has 3 heterocycles. The lowest BCUT2D eigenvalue weighted by Crippen LogP contribution is -2.30. The van der Waals surface area contributed by atoms with Crippen LogP contribution in [0.3, 0.4) is 0 Å². The first-order chi connectivity index (χ1) is 18.3. The molecule has 0 radical (unpaired) electrons. The number of anilines is 1. The number of nitrogens with one attached hydrogen (secondary N) is 1. The van der Waals surface area contributed by atoms with Crippen molar-refractivity contribution in [3.05, 3.63) is 101 Å². The van der Waals surface area contributed by atoms with Gasteiger partial charge in [-0.2, -0.15) is 0 Å². The summed E-state index contributed by atoms with van der Waals surface area (Å²) in [6.45, 7) is 4.05. The molecule has 2 aromatic heterocycles. The van der Waals surface area contributed by atoms with Crippen molar-refractivity contribution in [2.75, 3.05) is 19.1 Å². The maximum atomic E-state index is 11.6. The molecule has 0 spiro atoms. The second kappa shape index (κ2) is 10.2. The Kier molecular flexibility index (Phi) is 6.77. The van der Waals surface area contributed by atoms with E-state index in [1.54, 1.807) is 38.6 Å². The number of pyridine rings is 1. The lowest BCUT2D eigenvalue weighted by atomic mass is 9.96. The first-order valence-corrected chi connectivity index (χ1v) is 12.5. The molecule has 1 aliphatic heterocycles. The monoisotopic (exact) mass is 528 g/mol. The standard InChI is InChI=1S/C29H28N4O4S/c1-17-14-22(18(2)32(17)20-9-7-8-19(15-20)28(34)35)27-26(23-10-5-6-13-30-23)31-29(38)33(27)24-12-11-21(36-3)16-25(24)37-4/h5-16,26-27H,1-4H3,(H,31,38)(H,34,35)/t26-,27+/m0/s1. The van der Waals surface area contributed by atoms with E-state index in [1.807, 2.05) is 56.3 Å². The Bertz CT molecular complexity index is 1520. The van der Waals surface area contributed by atoms with Gasteiger partial charge < -0.3 is 29.4 Å². The molecular formula is C29H28N4O4S. The Hall–Kier alpha value is -4.37. The van der Waals surface area contributed by atoms with E-state index in [0.717, 1.165) is 34.0 Å². The quantitative estimate of drug-likeness (QED) is 0.309. The molecule has 0 bridgehead atoms. The van der Waals surface area contributed by atoms with Gasteiger partial charge >= 0.3 is 5.97 Å². The molecule has 1 aliphatic rings. The van der Waals surface area contributed by atoms with Gasteiger partial charge in [-0.25, -0.2) is 4.79 Å². The predicted octanol–water partition coefficient (Wildman–Crippen LogP) is 5.38. The van der Waals surface area contributed by atoms with E-state index in [9.17, 15) is 9.90 Å². The van der Waals surface area contributed by atoms with Crippen LogP contribution in [0.5, 0.6) is 11.5 Å². The van der Waals surface area contributed by atoms with Crippen LogP contribution >= 0.6 is 12.2 Å². The number of rotatable bonds is 7. The van der Waals surface area contributed by atoms with Crippen LogP contribution in [-0.2, 0) is 0 Å². The van der Waals surface area contributed by atoms with Crippen LogP contribution in [0.1, 0.15) is 45.1 Å². The highest BCUT2D eigenvalue weighted by Gasteiger charge is 2.43. The number of carboxylic acid groups (broad SMARTS) is 1. The number of ether oxygens (including phenoxy) is 2. The summed E-state index contributed by atoms with van der Waals surface area (Å²) in [6.07, 6.45) is 1.77. The summed E-state index contributed by atoms with van der Waals surface area (Å²) in [4.78, 5) is 18.4. The average Bonchev–Trinajstić information content (AvgIpc) is 3.43. The Balaban J connectivity index is 1.70. The lowest BCUT2D eigenvalue weighted by Gasteiger charge is -2.29. The van der Waals surface area contributed by atoms with E-state index in [0.29, 0.717) is 16.6 Å². The molecular weight excluding hydrogens is 500 g/mol. The number of carbonyl (C=O) groups is 1. The van der Waals surface area contributed by atoms with Crippen molar-refractivity contribution in [2.45, 2.75) is 25.9 Å². The van der Waals surface area contributed by atoms with Crippen molar-refractivity contribution in [2.24, 2.45) is 0 Å². The van der Waals surface area contributed by atoms with Crippen LogP contribution < -0.4 is 19.7 Å². The number of hydrogen-bond acceptors (Lipinski definition) is 5. The smallest absolute Gasteiger partial charge is 0.335 e. The van der Waals surface area contributed by atoms with Crippen LogP contribution in [-0.4, -0.2) is 40.0 Å². The topological polar surface area (TPSA) is 88.9 Å². The number of methoxy groups -OCH3 is 2. The molecule has 8 nitrogen and oxygen atoms in total. The molecule has 9 heteroatoms. The van der Waals surface area contributed by atoms with Gasteiger partial charge in [0.15, 0.2) is 5.11 Å². The Labute approximate surface area is 226 Å². The number of thiocarbonyl (C=S) groups is 1. The number of carboxylic acids is 1. The van der Waals surface area contributed by atoms with Gasteiger partial charge in [0.1, 0.15) is 11.5 Å². The van der Waals surface area contributed by atoms with Gasteiger partial charge in [-0.3, -0.25) is 4.98 Å². The highest BCUT2D eigenvalue weighted by atomic mass is 32.1. The fraction of sp³-hybridized carbons (Fsp3) is 0.207. The summed E-state index contributed by atoms with van der Waals surface area (Å²) in [5.41, 5.74) is 5.64. The maximum Gasteiger partial charge on any atom is 0.335 e. The first kappa shape index (κ1) is 25.3. The molecule has 0 aliphatic carbocycles. The van der Waals surface area contributed by atoms with Gasteiger partial charge in [0.2, 0.25) is 0 Å². The third-order valence-corrected chi connectivity index (χ3v) is 7.20. The SMILES string of the molecule is COc1ccc(N2C(=S)N[C@@H](c3ccccn3)[C@H]2c2cc(C)n(-c3cccc(C(=O)O)c3)c2C)c(OC)c1. The molecule has 2 aromatic carbocycles. The van der Waals surface area contributed by atoms with Gasteiger partial charge in [-0.1, -0.05) is 12.1 Å². The van der Waals surface area contributed by atoms with Crippen molar-refractivity contribution < 1.29 is 19.4 Å². The summed E-state index contributed by atoms with van der Waals surface area (Å²) in [6, 6.07) is 20.1. The van der Waals surface area contributed by atoms with Crippen LogP contribution in [0.4, 0.5) is 5.69 Å². The zero-order valence-electron chi connectivity index (χ0n) is 21.5. The van der Waals surface area contributed by atoms with Crippen molar-refractivity contribution in [1.82, 2.24) is 14.9 Å². The first-order valence-electron chi connectivity index (χ1n) is 12.1. The molecule has 0 amide bonds. The van der Waals surface area contributed by atoms with Crippen molar-refractivity contribution in [1.29, 1.82) is 0 Å². The van der Waals surface area contributed by atoms with E-state index >= 15 is 0 Å². The Morgan fingerprint density at radius 2 is 1.84 bits per heavy atom. The number of aromatic carboxylic acids is 1. The molecule has 4 aromatic rings. The summed E-state index contributed by atoms with van der Waals surface area (Å²) in [5.74, 6) is 0.342.